The molecule has 0 saturated heterocycles. The Morgan fingerprint density at radius 1 is 0.286 bits per heavy atom. The summed E-state index contributed by atoms with van der Waals surface area (Å²) in [5, 5.41) is 0. The van der Waals surface area contributed by atoms with Crippen LogP contribution in [0.15, 0.2) is 0 Å². The van der Waals surface area contributed by atoms with Crippen molar-refractivity contribution in [3.05, 3.63) is 0 Å². The van der Waals surface area contributed by atoms with E-state index in [1.807, 2.05) is 0 Å². The van der Waals surface area contributed by atoms with Gasteiger partial charge in [0, 0.05) is 0 Å². The van der Waals surface area contributed by atoms with E-state index >= 15 is 0 Å². The first-order chi connectivity index (χ1) is 0. The summed E-state index contributed by atoms with van der Waals surface area (Å²) >= 11 is 0. The molecule has 0 aliphatic rings. The Bertz CT molecular complexity index is 5.20. The van der Waals surface area contributed by atoms with Crippen LogP contribution in [0.3, 0.4) is 0 Å². The Labute approximate surface area is 89.5 Å². The Hall–Kier alpha value is 0.0125. The van der Waals surface area contributed by atoms with Gasteiger partial charge < -0.3 is 71.2 Å². The van der Waals surface area contributed by atoms with Gasteiger partial charge in [-0.3, -0.25) is 0 Å². The molecule has 14 heavy (non-hydrogen) atoms. The predicted molar refractivity (Wildman–Crippen MR) is 48.1 cm³/mol. The smallest absolute Gasteiger partial charge is 2.00 e. The van der Waals surface area contributed by atoms with Crippen molar-refractivity contribution < 1.29 is 71.2 Å². The standard InChI is InChI=1S/Al.12H2O.O/h;12*1H2;/q+3;;;;;;;;;;;;;-2/p-1. The summed E-state index contributed by atoms with van der Waals surface area (Å²) in [5.74, 6) is 0. The van der Waals surface area contributed by atoms with Gasteiger partial charge in [0.2, 0.25) is 0 Å². The molecular weight excluding hydrogens is 235 g/mol. The molecule has 0 atom stereocenters. The van der Waals surface area contributed by atoms with Gasteiger partial charge in [0.25, 0.3) is 0 Å². The van der Waals surface area contributed by atoms with Crippen molar-refractivity contribution in [2.45, 2.75) is 0 Å². The van der Waals surface area contributed by atoms with Crippen molar-refractivity contribution in [3.63, 3.8) is 0 Å². The zero-order valence-electron chi connectivity index (χ0n) is 6.93. The van der Waals surface area contributed by atoms with Gasteiger partial charge in [0.05, 0.1) is 0 Å². The Morgan fingerprint density at radius 3 is 0.286 bits per heavy atom. The van der Waals surface area contributed by atoms with Gasteiger partial charge in [0.1, 0.15) is 0 Å². The van der Waals surface area contributed by atoms with E-state index in [1.165, 1.54) is 0 Å². The molecule has 0 aliphatic heterocycles. The van der Waals surface area contributed by atoms with Crippen LogP contribution in [-0.4, -0.2) is 83.1 Å². The molecule has 0 fully saturated rings. The molecule has 13 nitrogen and oxygen atoms in total. The van der Waals surface area contributed by atoms with E-state index in [9.17, 15) is 0 Å². The van der Waals surface area contributed by atoms with Crippen LogP contribution in [0, 0.1) is 0 Å². The molecule has 23 N–H and O–H groups in total. The molecule has 0 heterocycles. The van der Waals surface area contributed by atoms with Crippen LogP contribution in [0.5, 0.6) is 0 Å². The first-order valence-corrected chi connectivity index (χ1v) is 0. The number of hydrogen-bond donors (Lipinski definition) is 0. The Kier molecular flexibility index (Phi) is 13200000000000. The minimum Gasteiger partial charge on any atom is -2.00 e. The molecular formula is H23AlO13. The normalized spacial score (nSPS) is 0. The maximum Gasteiger partial charge on any atom is 3.00 e. The summed E-state index contributed by atoms with van der Waals surface area (Å²) in [6.07, 6.45) is 0. The molecule has 0 spiro atoms. The third-order valence-corrected chi connectivity index (χ3v) is 0. The van der Waals surface area contributed by atoms with Gasteiger partial charge in [-0.2, -0.15) is 0 Å². The van der Waals surface area contributed by atoms with Crippen LogP contribution in [0.2, 0.25) is 0 Å². The van der Waals surface area contributed by atoms with Crippen LogP contribution in [-0.2, 0) is 5.48 Å². The van der Waals surface area contributed by atoms with Gasteiger partial charge in [-0.05, 0) is 0 Å². The number of hydrogen-bond acceptors (Lipinski definition) is 1. The molecule has 0 rings (SSSR count). The third kappa shape index (κ3) is 9370000. The largest absolute Gasteiger partial charge is 3.00 e. The summed E-state index contributed by atoms with van der Waals surface area (Å²) in [6, 6.07) is 0. The topological polar surface area (TPSA) is 405 Å². The fourth-order valence-electron chi connectivity index (χ4n) is 0. The van der Waals surface area contributed by atoms with Crippen LogP contribution in [0.25, 0.3) is 0 Å². The monoisotopic (exact) mass is 258 g/mol. The summed E-state index contributed by atoms with van der Waals surface area (Å²) < 4.78 is 0. The van der Waals surface area contributed by atoms with E-state index in [0.29, 0.717) is 0 Å². The summed E-state index contributed by atoms with van der Waals surface area (Å²) in [5.41, 5.74) is 0. The van der Waals surface area contributed by atoms with E-state index in [2.05, 4.69) is 0 Å². The molecule has 0 aliphatic carbocycles. The first kappa shape index (κ1) is 15300000. The van der Waals surface area contributed by atoms with Crippen molar-refractivity contribution >= 4 is 17.4 Å². The Morgan fingerprint density at radius 2 is 0.286 bits per heavy atom. The molecule has 0 unspecified atom stereocenters. The second-order valence-electron chi connectivity index (χ2n) is 0. The summed E-state index contributed by atoms with van der Waals surface area (Å²) in [6.45, 7) is 0. The second-order valence-corrected chi connectivity index (χ2v) is 0. The fourth-order valence-corrected chi connectivity index (χ4v) is 0. The van der Waals surface area contributed by atoms with E-state index in [4.69, 9.17) is 0 Å². The molecule has 14 heteroatoms. The molecule has 0 amide bonds. The van der Waals surface area contributed by atoms with Crippen molar-refractivity contribution in [2.75, 3.05) is 0 Å². The molecule has 0 aromatic rings. The van der Waals surface area contributed by atoms with Gasteiger partial charge in [-0.15, -0.1) is 0 Å². The van der Waals surface area contributed by atoms with Crippen molar-refractivity contribution in [1.29, 1.82) is 0 Å². The SMILES string of the molecule is O.O.O.O.O.O.O.O.O.O.O.[Al+3].[O-2].[OH-]. The van der Waals surface area contributed by atoms with Crippen LogP contribution < -0.4 is 0 Å². The Balaban J connectivity index is 0. The zero-order valence-corrected chi connectivity index (χ0v) is 8.09. The average molecular weight is 258 g/mol. The molecule has 0 bridgehead atoms. The van der Waals surface area contributed by atoms with Crippen LogP contribution in [0.1, 0.15) is 0 Å². The summed E-state index contributed by atoms with van der Waals surface area (Å²) in [4.78, 5) is 0. The quantitative estimate of drug-likeness (QED) is 0.374. The minimum absolute atomic E-state index is 0. The van der Waals surface area contributed by atoms with E-state index < -0.39 is 0 Å². The maximum atomic E-state index is 0. The molecule has 104 valence electrons. The van der Waals surface area contributed by atoms with Crippen molar-refractivity contribution in [2.24, 2.45) is 0 Å². The van der Waals surface area contributed by atoms with Gasteiger partial charge in [-0.25, -0.2) is 0 Å². The molecule has 0 aromatic heterocycles. The predicted octanol–water partition coefficient (Wildman–Crippen LogP) is -9.75. The van der Waals surface area contributed by atoms with Crippen LogP contribution in [0.4, 0.5) is 0 Å². The first-order valence-electron chi connectivity index (χ1n) is 0. The fraction of sp³-hybridized carbons (Fsp3) is 0. The van der Waals surface area contributed by atoms with Crippen LogP contribution >= 0.6 is 0 Å². The molecule has 0 radical (unpaired) electrons. The third-order valence-electron chi connectivity index (χ3n) is 0. The van der Waals surface area contributed by atoms with E-state index in [1.54, 1.807) is 0 Å². The van der Waals surface area contributed by atoms with Crippen molar-refractivity contribution in [1.82, 2.24) is 0 Å². The maximum absolute atomic E-state index is 0. The second kappa shape index (κ2) is 12100000. The van der Waals surface area contributed by atoms with Gasteiger partial charge in [-0.1, -0.05) is 0 Å². The van der Waals surface area contributed by atoms with E-state index in [0.717, 1.165) is 0 Å². The average Bonchev–Trinajstić information content (AvgIpc) is 0. The van der Waals surface area contributed by atoms with Crippen molar-refractivity contribution in [3.8, 4) is 0 Å². The summed E-state index contributed by atoms with van der Waals surface area (Å²) in [7, 11) is 0. The van der Waals surface area contributed by atoms with Gasteiger partial charge >= 0.3 is 17.4 Å². The number of rotatable bonds is 0. The van der Waals surface area contributed by atoms with Gasteiger partial charge in [0.15, 0.2) is 0 Å². The van der Waals surface area contributed by atoms with E-state index in [-0.39, 0.29) is 88.6 Å². The molecule has 0 saturated carbocycles. The molecule has 0 aromatic carbocycles. The minimum atomic E-state index is 0. The zero-order chi connectivity index (χ0) is 0.